The molecule has 19 heavy (non-hydrogen) atoms. The summed E-state index contributed by atoms with van der Waals surface area (Å²) in [7, 11) is 0. The van der Waals surface area contributed by atoms with E-state index in [1.807, 2.05) is 16.8 Å². The molecule has 0 radical (unpaired) electrons. The zero-order chi connectivity index (χ0) is 13.8. The highest BCUT2D eigenvalue weighted by atomic mass is 35.5. The Bertz CT molecular complexity index is 553. The standard InChI is InChI=1S/C13H16Cl2N4/c1-2-5-19-13(8-17-18-19)12(16)6-9-3-4-10(14)7-11(9)15/h3-4,7-8,12H,2,5-6,16H2,1H3. The zero-order valence-corrected chi connectivity index (χ0v) is 12.2. The van der Waals surface area contributed by atoms with Crippen LogP contribution in [0.3, 0.4) is 0 Å². The fourth-order valence-corrected chi connectivity index (χ4v) is 2.45. The Kier molecular flexibility index (Phi) is 4.80. The van der Waals surface area contributed by atoms with Crippen LogP contribution in [0.4, 0.5) is 0 Å². The third-order valence-electron chi connectivity index (χ3n) is 2.92. The van der Waals surface area contributed by atoms with Gasteiger partial charge in [-0.2, -0.15) is 0 Å². The summed E-state index contributed by atoms with van der Waals surface area (Å²) in [6.07, 6.45) is 3.34. The van der Waals surface area contributed by atoms with Gasteiger partial charge in [-0.1, -0.05) is 41.4 Å². The second-order valence-corrected chi connectivity index (χ2v) is 5.27. The van der Waals surface area contributed by atoms with Crippen LogP contribution >= 0.6 is 23.2 Å². The lowest BCUT2D eigenvalue weighted by atomic mass is 10.0. The molecule has 6 heteroatoms. The Hall–Kier alpha value is -1.10. The number of rotatable bonds is 5. The first-order valence-corrected chi connectivity index (χ1v) is 6.95. The van der Waals surface area contributed by atoms with Crippen LogP contribution in [-0.4, -0.2) is 15.0 Å². The minimum Gasteiger partial charge on any atom is -0.322 e. The monoisotopic (exact) mass is 298 g/mol. The van der Waals surface area contributed by atoms with Gasteiger partial charge in [0, 0.05) is 16.6 Å². The van der Waals surface area contributed by atoms with E-state index in [-0.39, 0.29) is 6.04 Å². The third kappa shape index (κ3) is 3.47. The van der Waals surface area contributed by atoms with Gasteiger partial charge in [0.2, 0.25) is 0 Å². The molecular formula is C13H16Cl2N4. The van der Waals surface area contributed by atoms with Crippen molar-refractivity contribution in [2.75, 3.05) is 0 Å². The van der Waals surface area contributed by atoms with Crippen molar-refractivity contribution in [2.24, 2.45) is 5.73 Å². The van der Waals surface area contributed by atoms with Crippen LogP contribution in [0.1, 0.15) is 30.6 Å². The molecule has 0 saturated heterocycles. The molecule has 2 rings (SSSR count). The molecule has 1 unspecified atom stereocenters. The zero-order valence-electron chi connectivity index (χ0n) is 10.7. The number of aryl methyl sites for hydroxylation is 1. The first-order valence-electron chi connectivity index (χ1n) is 6.19. The van der Waals surface area contributed by atoms with Gasteiger partial charge >= 0.3 is 0 Å². The predicted molar refractivity (Wildman–Crippen MR) is 77.4 cm³/mol. The highest BCUT2D eigenvalue weighted by Gasteiger charge is 2.14. The molecule has 0 aliphatic carbocycles. The van der Waals surface area contributed by atoms with Crippen molar-refractivity contribution in [3.8, 4) is 0 Å². The predicted octanol–water partition coefficient (Wildman–Crippen LogP) is 3.24. The van der Waals surface area contributed by atoms with Crippen LogP contribution < -0.4 is 5.73 Å². The third-order valence-corrected chi connectivity index (χ3v) is 3.50. The van der Waals surface area contributed by atoms with Gasteiger partial charge in [-0.25, -0.2) is 4.68 Å². The van der Waals surface area contributed by atoms with E-state index in [1.54, 1.807) is 12.3 Å². The van der Waals surface area contributed by atoms with Gasteiger partial charge in [-0.15, -0.1) is 5.10 Å². The van der Waals surface area contributed by atoms with Crippen LogP contribution in [0.2, 0.25) is 10.0 Å². The van der Waals surface area contributed by atoms with Gasteiger partial charge in [-0.3, -0.25) is 0 Å². The molecule has 0 amide bonds. The number of benzene rings is 1. The molecule has 1 heterocycles. The van der Waals surface area contributed by atoms with Crippen molar-refractivity contribution in [2.45, 2.75) is 32.4 Å². The summed E-state index contributed by atoms with van der Waals surface area (Å²) >= 11 is 12.0. The van der Waals surface area contributed by atoms with Crippen LogP contribution in [0.15, 0.2) is 24.4 Å². The van der Waals surface area contributed by atoms with Gasteiger partial charge in [0.25, 0.3) is 0 Å². The van der Waals surface area contributed by atoms with E-state index in [1.165, 1.54) is 0 Å². The maximum absolute atomic E-state index is 6.22. The molecule has 102 valence electrons. The van der Waals surface area contributed by atoms with E-state index < -0.39 is 0 Å². The number of aromatic nitrogens is 3. The molecule has 0 spiro atoms. The van der Waals surface area contributed by atoms with Gasteiger partial charge in [0.1, 0.15) is 0 Å². The average Bonchev–Trinajstić information content (AvgIpc) is 2.81. The van der Waals surface area contributed by atoms with E-state index in [0.29, 0.717) is 16.5 Å². The summed E-state index contributed by atoms with van der Waals surface area (Å²) in [5.41, 5.74) is 8.12. The van der Waals surface area contributed by atoms with Crippen molar-refractivity contribution in [3.05, 3.63) is 45.7 Å². The minimum absolute atomic E-state index is 0.180. The van der Waals surface area contributed by atoms with Gasteiger partial charge in [-0.05, 0) is 30.5 Å². The summed E-state index contributed by atoms with van der Waals surface area (Å²) in [6, 6.07) is 5.27. The van der Waals surface area contributed by atoms with Gasteiger partial charge < -0.3 is 5.73 Å². The largest absolute Gasteiger partial charge is 0.322 e. The highest BCUT2D eigenvalue weighted by Crippen LogP contribution is 2.25. The van der Waals surface area contributed by atoms with Crippen molar-refractivity contribution in [1.82, 2.24) is 15.0 Å². The van der Waals surface area contributed by atoms with Gasteiger partial charge in [0.15, 0.2) is 0 Å². The lowest BCUT2D eigenvalue weighted by Crippen LogP contribution is -2.18. The maximum Gasteiger partial charge on any atom is 0.0757 e. The Morgan fingerprint density at radius 3 is 2.84 bits per heavy atom. The second kappa shape index (κ2) is 6.37. The SMILES string of the molecule is CCCn1nncc1C(N)Cc1ccc(Cl)cc1Cl. The molecule has 0 aliphatic heterocycles. The van der Waals surface area contributed by atoms with E-state index in [4.69, 9.17) is 28.9 Å². The van der Waals surface area contributed by atoms with E-state index in [9.17, 15) is 0 Å². The molecule has 1 aromatic carbocycles. The summed E-state index contributed by atoms with van der Waals surface area (Å²) in [4.78, 5) is 0. The first-order chi connectivity index (χ1) is 9.11. The average molecular weight is 299 g/mol. The smallest absolute Gasteiger partial charge is 0.0757 e. The Morgan fingerprint density at radius 2 is 2.16 bits per heavy atom. The summed E-state index contributed by atoms with van der Waals surface area (Å²) in [5, 5.41) is 9.22. The van der Waals surface area contributed by atoms with E-state index in [0.717, 1.165) is 24.2 Å². The maximum atomic E-state index is 6.22. The lowest BCUT2D eigenvalue weighted by Gasteiger charge is -2.14. The van der Waals surface area contributed by atoms with E-state index in [2.05, 4.69) is 17.2 Å². The number of halogens is 2. The molecule has 2 aromatic rings. The van der Waals surface area contributed by atoms with Crippen LogP contribution in [-0.2, 0) is 13.0 Å². The molecular weight excluding hydrogens is 283 g/mol. The molecule has 0 aliphatic rings. The summed E-state index contributed by atoms with van der Waals surface area (Å²) in [5.74, 6) is 0. The molecule has 4 nitrogen and oxygen atoms in total. The first kappa shape index (κ1) is 14.3. The molecule has 1 aromatic heterocycles. The Balaban J connectivity index is 2.16. The molecule has 0 fully saturated rings. The van der Waals surface area contributed by atoms with E-state index >= 15 is 0 Å². The minimum atomic E-state index is -0.180. The Morgan fingerprint density at radius 1 is 1.37 bits per heavy atom. The molecule has 0 saturated carbocycles. The van der Waals surface area contributed by atoms with Crippen molar-refractivity contribution < 1.29 is 0 Å². The van der Waals surface area contributed by atoms with Crippen LogP contribution in [0.25, 0.3) is 0 Å². The van der Waals surface area contributed by atoms with Gasteiger partial charge in [0.05, 0.1) is 17.9 Å². The summed E-state index contributed by atoms with van der Waals surface area (Å²) in [6.45, 7) is 2.91. The highest BCUT2D eigenvalue weighted by molar-refractivity contribution is 6.35. The second-order valence-electron chi connectivity index (χ2n) is 4.43. The molecule has 0 bridgehead atoms. The molecule has 1 atom stereocenters. The number of hydrogen-bond donors (Lipinski definition) is 1. The summed E-state index contributed by atoms with van der Waals surface area (Å²) < 4.78 is 1.84. The quantitative estimate of drug-likeness (QED) is 0.922. The number of hydrogen-bond acceptors (Lipinski definition) is 3. The van der Waals surface area contributed by atoms with Crippen LogP contribution in [0, 0.1) is 0 Å². The lowest BCUT2D eigenvalue weighted by molar-refractivity contribution is 0.525. The topological polar surface area (TPSA) is 56.7 Å². The van der Waals surface area contributed by atoms with Crippen LogP contribution in [0.5, 0.6) is 0 Å². The van der Waals surface area contributed by atoms with Crippen molar-refractivity contribution in [1.29, 1.82) is 0 Å². The van der Waals surface area contributed by atoms with Crippen molar-refractivity contribution in [3.63, 3.8) is 0 Å². The number of nitrogens with two attached hydrogens (primary N) is 1. The normalized spacial score (nSPS) is 12.6. The molecule has 2 N–H and O–H groups in total. The number of nitrogens with zero attached hydrogens (tertiary/aromatic N) is 3. The Labute approximate surface area is 122 Å². The fourth-order valence-electron chi connectivity index (χ4n) is 1.97. The fraction of sp³-hybridized carbons (Fsp3) is 0.385. The van der Waals surface area contributed by atoms with Crippen molar-refractivity contribution >= 4 is 23.2 Å².